The average Bonchev–Trinajstić information content (AvgIpc) is 3.12. The van der Waals surface area contributed by atoms with Gasteiger partial charge in [0.2, 0.25) is 11.8 Å². The second-order valence-corrected chi connectivity index (χ2v) is 11.7. The normalized spacial score (nSPS) is 16.2. The lowest BCUT2D eigenvalue weighted by Crippen LogP contribution is -2.44. The molecule has 4 rings (SSSR count). The van der Waals surface area contributed by atoms with Crippen LogP contribution in [0.5, 0.6) is 0 Å². The van der Waals surface area contributed by atoms with Gasteiger partial charge in [0.25, 0.3) is 0 Å². The molecule has 1 aromatic heterocycles. The Morgan fingerprint density at radius 3 is 2.58 bits per heavy atom. The fourth-order valence-corrected chi connectivity index (χ4v) is 5.68. The number of anilines is 1. The topological polar surface area (TPSA) is 67.2 Å². The molecule has 190 valence electrons. The van der Waals surface area contributed by atoms with Crippen molar-refractivity contribution in [3.05, 3.63) is 76.2 Å². The van der Waals surface area contributed by atoms with Crippen LogP contribution >= 0.6 is 23.4 Å². The molecule has 0 unspecified atom stereocenters. The SMILES string of the molecule is CC(C)NC(=O)CN1C(=O)CS[C@H](c2cccc(F)c2)c2c(C(C)(C)C)nn(-c3cccc(Cl)c3)c21. The van der Waals surface area contributed by atoms with Gasteiger partial charge in [-0.1, -0.05) is 50.6 Å². The second-order valence-electron chi connectivity index (χ2n) is 10.2. The van der Waals surface area contributed by atoms with E-state index in [1.807, 2.05) is 52.8 Å². The maximum atomic E-state index is 14.3. The molecule has 0 saturated carbocycles. The number of fused-ring (bicyclic) bond motifs is 1. The standard InChI is InChI=1S/C27H30ClFN4O2S/c1-16(2)30-21(34)14-32-22(35)15-36-24(17-8-6-10-19(29)12-17)23-25(27(3,4)5)31-33(26(23)32)20-11-7-9-18(28)13-20/h6-13,16,24H,14-15H2,1-5H3,(H,30,34)/t24-/m1/s1. The Kier molecular flexibility index (Phi) is 7.48. The van der Waals surface area contributed by atoms with Gasteiger partial charge in [-0.3, -0.25) is 14.5 Å². The molecule has 9 heteroatoms. The summed E-state index contributed by atoms with van der Waals surface area (Å²) < 4.78 is 16.0. The maximum Gasteiger partial charge on any atom is 0.240 e. The van der Waals surface area contributed by atoms with E-state index in [9.17, 15) is 14.0 Å². The predicted octanol–water partition coefficient (Wildman–Crippen LogP) is 5.66. The minimum Gasteiger partial charge on any atom is -0.352 e. The molecule has 0 bridgehead atoms. The summed E-state index contributed by atoms with van der Waals surface area (Å²) in [5.41, 5.74) is 2.56. The van der Waals surface area contributed by atoms with Crippen LogP contribution in [0.2, 0.25) is 5.02 Å². The van der Waals surface area contributed by atoms with E-state index < -0.39 is 5.41 Å². The van der Waals surface area contributed by atoms with Gasteiger partial charge in [-0.2, -0.15) is 5.10 Å². The number of thioether (sulfide) groups is 1. The third-order valence-electron chi connectivity index (χ3n) is 5.76. The van der Waals surface area contributed by atoms with Crippen LogP contribution in [-0.2, 0) is 15.0 Å². The van der Waals surface area contributed by atoms with E-state index in [0.717, 1.165) is 16.8 Å². The highest BCUT2D eigenvalue weighted by atomic mass is 35.5. The Hall–Kier alpha value is -2.84. The van der Waals surface area contributed by atoms with Gasteiger partial charge in [-0.05, 0) is 49.7 Å². The van der Waals surface area contributed by atoms with Crippen LogP contribution in [0.1, 0.15) is 56.7 Å². The van der Waals surface area contributed by atoms with E-state index >= 15 is 0 Å². The van der Waals surface area contributed by atoms with Gasteiger partial charge in [0, 0.05) is 22.0 Å². The molecule has 1 aliphatic rings. The first-order valence-corrected chi connectivity index (χ1v) is 13.2. The minimum absolute atomic E-state index is 0.0727. The lowest BCUT2D eigenvalue weighted by molar-refractivity contribution is -0.123. The van der Waals surface area contributed by atoms with Crippen molar-refractivity contribution >= 4 is 41.0 Å². The fraction of sp³-hybridized carbons (Fsp3) is 0.370. The maximum absolute atomic E-state index is 14.3. The molecule has 1 aliphatic heterocycles. The minimum atomic E-state index is -0.403. The highest BCUT2D eigenvalue weighted by Crippen LogP contribution is 2.48. The van der Waals surface area contributed by atoms with Crippen molar-refractivity contribution in [2.45, 2.75) is 51.3 Å². The van der Waals surface area contributed by atoms with Crippen LogP contribution in [0.25, 0.3) is 5.69 Å². The van der Waals surface area contributed by atoms with E-state index in [1.54, 1.807) is 22.9 Å². The quantitative estimate of drug-likeness (QED) is 0.464. The molecule has 1 N–H and O–H groups in total. The van der Waals surface area contributed by atoms with Gasteiger partial charge in [-0.25, -0.2) is 9.07 Å². The number of hydrogen-bond donors (Lipinski definition) is 1. The molecule has 36 heavy (non-hydrogen) atoms. The number of aromatic nitrogens is 2. The lowest BCUT2D eigenvalue weighted by Gasteiger charge is -2.25. The third-order valence-corrected chi connectivity index (χ3v) is 7.24. The number of carbonyl (C=O) groups is 2. The number of amides is 2. The molecule has 1 atom stereocenters. The molecule has 2 aromatic carbocycles. The van der Waals surface area contributed by atoms with Gasteiger partial charge in [0.05, 0.1) is 22.4 Å². The Bertz CT molecular complexity index is 1300. The van der Waals surface area contributed by atoms with E-state index in [1.165, 1.54) is 28.8 Å². The predicted molar refractivity (Wildman–Crippen MR) is 144 cm³/mol. The number of hydrogen-bond acceptors (Lipinski definition) is 4. The van der Waals surface area contributed by atoms with Gasteiger partial charge in [0.1, 0.15) is 18.2 Å². The average molecular weight is 529 g/mol. The first-order chi connectivity index (χ1) is 17.0. The zero-order chi connectivity index (χ0) is 26.2. The summed E-state index contributed by atoms with van der Waals surface area (Å²) >= 11 is 7.74. The number of nitrogens with one attached hydrogen (secondary N) is 1. The summed E-state index contributed by atoms with van der Waals surface area (Å²) in [4.78, 5) is 27.9. The molecule has 0 spiro atoms. The molecule has 0 fully saturated rings. The summed E-state index contributed by atoms with van der Waals surface area (Å²) in [5, 5.41) is 8.03. The fourth-order valence-electron chi connectivity index (χ4n) is 4.31. The molecular weight excluding hydrogens is 499 g/mol. The Morgan fingerprint density at radius 1 is 1.22 bits per heavy atom. The number of rotatable bonds is 5. The molecule has 0 saturated heterocycles. The van der Waals surface area contributed by atoms with Crippen molar-refractivity contribution in [1.82, 2.24) is 15.1 Å². The molecule has 0 radical (unpaired) electrons. The van der Waals surface area contributed by atoms with Crippen molar-refractivity contribution in [2.75, 3.05) is 17.2 Å². The summed E-state index contributed by atoms with van der Waals surface area (Å²) in [6.07, 6.45) is 0. The number of nitrogens with zero attached hydrogens (tertiary/aromatic N) is 3. The number of carbonyl (C=O) groups excluding carboxylic acids is 2. The zero-order valence-electron chi connectivity index (χ0n) is 21.0. The van der Waals surface area contributed by atoms with Crippen LogP contribution in [0.4, 0.5) is 10.2 Å². The van der Waals surface area contributed by atoms with E-state index in [0.29, 0.717) is 16.5 Å². The van der Waals surface area contributed by atoms with Crippen LogP contribution in [-0.4, -0.2) is 39.9 Å². The summed E-state index contributed by atoms with van der Waals surface area (Å²) in [6.45, 7) is 9.74. The zero-order valence-corrected chi connectivity index (χ0v) is 22.6. The number of halogens is 2. The van der Waals surface area contributed by atoms with Crippen LogP contribution in [0, 0.1) is 5.82 Å². The van der Waals surface area contributed by atoms with Crippen molar-refractivity contribution < 1.29 is 14.0 Å². The molecule has 0 aliphatic carbocycles. The van der Waals surface area contributed by atoms with E-state index in [-0.39, 0.29) is 41.2 Å². The molecule has 6 nitrogen and oxygen atoms in total. The van der Waals surface area contributed by atoms with E-state index in [4.69, 9.17) is 16.7 Å². The number of benzene rings is 2. The Balaban J connectivity index is 2.02. The van der Waals surface area contributed by atoms with Gasteiger partial charge >= 0.3 is 0 Å². The highest BCUT2D eigenvalue weighted by Gasteiger charge is 2.40. The second kappa shape index (κ2) is 10.3. The first kappa shape index (κ1) is 26.2. The van der Waals surface area contributed by atoms with Crippen LogP contribution in [0.15, 0.2) is 48.5 Å². The summed E-state index contributed by atoms with van der Waals surface area (Å²) in [7, 11) is 0. The van der Waals surface area contributed by atoms with Crippen molar-refractivity contribution in [3.63, 3.8) is 0 Å². The highest BCUT2D eigenvalue weighted by molar-refractivity contribution is 8.00. The molecule has 2 amide bonds. The Labute approximate surface area is 220 Å². The monoisotopic (exact) mass is 528 g/mol. The van der Waals surface area contributed by atoms with Gasteiger partial charge in [-0.15, -0.1) is 11.8 Å². The van der Waals surface area contributed by atoms with Crippen molar-refractivity contribution in [1.29, 1.82) is 0 Å². The Morgan fingerprint density at radius 2 is 1.94 bits per heavy atom. The van der Waals surface area contributed by atoms with Gasteiger partial charge < -0.3 is 5.32 Å². The van der Waals surface area contributed by atoms with Crippen LogP contribution in [0.3, 0.4) is 0 Å². The van der Waals surface area contributed by atoms with Crippen molar-refractivity contribution in [2.24, 2.45) is 0 Å². The third kappa shape index (κ3) is 5.44. The smallest absolute Gasteiger partial charge is 0.240 e. The summed E-state index contributed by atoms with van der Waals surface area (Å²) in [6, 6.07) is 13.6. The lowest BCUT2D eigenvalue weighted by atomic mass is 9.87. The largest absolute Gasteiger partial charge is 0.352 e. The molecule has 2 heterocycles. The molecular formula is C27H30ClFN4O2S. The van der Waals surface area contributed by atoms with Crippen molar-refractivity contribution in [3.8, 4) is 5.69 Å². The summed E-state index contributed by atoms with van der Waals surface area (Å²) in [5.74, 6) is -0.204. The molecule has 3 aromatic rings. The van der Waals surface area contributed by atoms with E-state index in [2.05, 4.69) is 5.32 Å². The first-order valence-electron chi connectivity index (χ1n) is 11.8. The van der Waals surface area contributed by atoms with Gasteiger partial charge in [0.15, 0.2) is 0 Å². The van der Waals surface area contributed by atoms with Crippen LogP contribution < -0.4 is 10.2 Å².